The second-order valence-electron chi connectivity index (χ2n) is 6.20. The minimum atomic E-state index is -3.30. The Hall–Kier alpha value is -2.74. The smallest absolute Gasteiger partial charge is 0.235 e. The fourth-order valence-electron chi connectivity index (χ4n) is 3.01. The van der Waals surface area contributed by atoms with E-state index in [1.165, 1.54) is 11.4 Å². The first-order chi connectivity index (χ1) is 12.9. The number of anilines is 2. The van der Waals surface area contributed by atoms with Crippen LogP contribution in [0.5, 0.6) is 11.5 Å². The molecule has 144 valence electrons. The van der Waals surface area contributed by atoms with Gasteiger partial charge in [0.25, 0.3) is 0 Å². The van der Waals surface area contributed by atoms with Crippen LogP contribution in [0.25, 0.3) is 0 Å². The van der Waals surface area contributed by atoms with E-state index in [0.717, 1.165) is 11.3 Å². The Morgan fingerprint density at radius 1 is 1.11 bits per heavy atom. The maximum atomic E-state index is 12.3. The molecule has 0 atom stereocenters. The van der Waals surface area contributed by atoms with Crippen LogP contribution in [-0.4, -0.2) is 40.8 Å². The molecule has 7 nitrogen and oxygen atoms in total. The molecule has 27 heavy (non-hydrogen) atoms. The summed E-state index contributed by atoms with van der Waals surface area (Å²) in [5.41, 5.74) is 1.90. The number of benzene rings is 2. The zero-order chi connectivity index (χ0) is 19.4. The van der Waals surface area contributed by atoms with Crippen molar-refractivity contribution in [1.82, 2.24) is 0 Å². The molecule has 1 amide bonds. The van der Waals surface area contributed by atoms with Gasteiger partial charge in [0, 0.05) is 18.3 Å². The molecule has 1 heterocycles. The SMILES string of the molecule is COc1ccc(CC(=O)Nc2ccc(N3CCCS3(=O)=O)c(OC)c2)cc1. The fraction of sp³-hybridized carbons (Fsp3) is 0.316. The Labute approximate surface area is 158 Å². The standard InChI is InChI=1S/C19H22N2O5S/c1-25-16-7-4-14(5-8-16)12-19(22)20-15-6-9-17(18(13-15)26-2)21-10-3-11-27(21,23)24/h4-9,13H,3,10-12H2,1-2H3,(H,20,22). The molecule has 1 saturated heterocycles. The molecule has 0 aliphatic carbocycles. The molecule has 0 spiro atoms. The number of hydrogen-bond acceptors (Lipinski definition) is 5. The summed E-state index contributed by atoms with van der Waals surface area (Å²) in [5.74, 6) is 1.10. The lowest BCUT2D eigenvalue weighted by atomic mass is 10.1. The number of methoxy groups -OCH3 is 2. The van der Waals surface area contributed by atoms with Gasteiger partial charge in [-0.15, -0.1) is 0 Å². The number of rotatable bonds is 6. The lowest BCUT2D eigenvalue weighted by Gasteiger charge is -2.20. The Bertz CT molecular complexity index is 926. The highest BCUT2D eigenvalue weighted by atomic mass is 32.2. The molecule has 1 aliphatic heterocycles. The first-order valence-electron chi connectivity index (χ1n) is 8.54. The van der Waals surface area contributed by atoms with Crippen LogP contribution in [0.4, 0.5) is 11.4 Å². The third kappa shape index (κ3) is 4.33. The van der Waals surface area contributed by atoms with E-state index in [2.05, 4.69) is 5.32 Å². The number of hydrogen-bond donors (Lipinski definition) is 1. The second-order valence-corrected chi connectivity index (χ2v) is 8.21. The molecular formula is C19H22N2O5S. The predicted octanol–water partition coefficient (Wildman–Crippen LogP) is 2.42. The topological polar surface area (TPSA) is 84.9 Å². The van der Waals surface area contributed by atoms with Crippen LogP contribution in [-0.2, 0) is 21.2 Å². The molecule has 2 aromatic rings. The van der Waals surface area contributed by atoms with E-state index >= 15 is 0 Å². The number of nitrogens with one attached hydrogen (secondary N) is 1. The molecule has 0 radical (unpaired) electrons. The highest BCUT2D eigenvalue weighted by Gasteiger charge is 2.30. The molecule has 8 heteroatoms. The normalized spacial score (nSPS) is 15.4. The van der Waals surface area contributed by atoms with Gasteiger partial charge in [0.1, 0.15) is 11.5 Å². The molecule has 0 saturated carbocycles. The molecule has 1 N–H and O–H groups in total. The molecule has 1 fully saturated rings. The van der Waals surface area contributed by atoms with Crippen molar-refractivity contribution in [2.75, 3.05) is 36.1 Å². The molecule has 2 aromatic carbocycles. The van der Waals surface area contributed by atoms with E-state index in [1.54, 1.807) is 37.4 Å². The third-order valence-electron chi connectivity index (χ3n) is 4.36. The summed E-state index contributed by atoms with van der Waals surface area (Å²) in [7, 11) is -0.233. The Balaban J connectivity index is 1.72. The van der Waals surface area contributed by atoms with Crippen molar-refractivity contribution in [3.63, 3.8) is 0 Å². The van der Waals surface area contributed by atoms with Gasteiger partial charge in [-0.3, -0.25) is 9.10 Å². The first kappa shape index (κ1) is 19.0. The quantitative estimate of drug-likeness (QED) is 0.819. The predicted molar refractivity (Wildman–Crippen MR) is 104 cm³/mol. The molecular weight excluding hydrogens is 368 g/mol. The van der Waals surface area contributed by atoms with Gasteiger partial charge in [-0.1, -0.05) is 12.1 Å². The first-order valence-corrected chi connectivity index (χ1v) is 10.1. The zero-order valence-electron chi connectivity index (χ0n) is 15.3. The van der Waals surface area contributed by atoms with Crippen LogP contribution < -0.4 is 19.1 Å². The lowest BCUT2D eigenvalue weighted by molar-refractivity contribution is -0.115. The number of carbonyl (C=O) groups excluding carboxylic acids is 1. The van der Waals surface area contributed by atoms with E-state index in [1.807, 2.05) is 12.1 Å². The minimum absolute atomic E-state index is 0.135. The number of carbonyl (C=O) groups is 1. The van der Waals surface area contributed by atoms with Crippen LogP contribution >= 0.6 is 0 Å². The van der Waals surface area contributed by atoms with E-state index in [-0.39, 0.29) is 18.1 Å². The number of ether oxygens (including phenoxy) is 2. The summed E-state index contributed by atoms with van der Waals surface area (Å²) < 4.78 is 36.1. The van der Waals surface area contributed by atoms with E-state index in [0.29, 0.717) is 30.1 Å². The van der Waals surface area contributed by atoms with Gasteiger partial charge in [0.15, 0.2) is 0 Å². The van der Waals surface area contributed by atoms with E-state index < -0.39 is 10.0 Å². The average Bonchev–Trinajstić information content (AvgIpc) is 3.01. The van der Waals surface area contributed by atoms with Crippen molar-refractivity contribution >= 4 is 27.3 Å². The van der Waals surface area contributed by atoms with Gasteiger partial charge in [0.2, 0.25) is 15.9 Å². The van der Waals surface area contributed by atoms with Gasteiger partial charge in [-0.2, -0.15) is 0 Å². The number of sulfonamides is 1. The van der Waals surface area contributed by atoms with E-state index in [9.17, 15) is 13.2 Å². The van der Waals surface area contributed by atoms with Crippen LogP contribution in [0.3, 0.4) is 0 Å². The summed E-state index contributed by atoms with van der Waals surface area (Å²) in [6.45, 7) is 0.432. The fourth-order valence-corrected chi connectivity index (χ4v) is 4.58. The second kappa shape index (κ2) is 7.87. The molecule has 3 rings (SSSR count). The largest absolute Gasteiger partial charge is 0.497 e. The molecule has 0 unspecified atom stereocenters. The van der Waals surface area contributed by atoms with Gasteiger partial charge in [-0.25, -0.2) is 8.42 Å². The summed E-state index contributed by atoms with van der Waals surface area (Å²) >= 11 is 0. The maximum Gasteiger partial charge on any atom is 0.235 e. The Morgan fingerprint density at radius 2 is 1.85 bits per heavy atom. The van der Waals surface area contributed by atoms with Crippen molar-refractivity contribution in [2.24, 2.45) is 0 Å². The van der Waals surface area contributed by atoms with Crippen LogP contribution in [0.1, 0.15) is 12.0 Å². The van der Waals surface area contributed by atoms with Crippen molar-refractivity contribution in [3.8, 4) is 11.5 Å². The average molecular weight is 390 g/mol. The molecule has 1 aliphatic rings. The number of amides is 1. The van der Waals surface area contributed by atoms with Gasteiger partial charge >= 0.3 is 0 Å². The monoisotopic (exact) mass is 390 g/mol. The summed E-state index contributed by atoms with van der Waals surface area (Å²) in [4.78, 5) is 12.3. The number of nitrogens with zero attached hydrogens (tertiary/aromatic N) is 1. The minimum Gasteiger partial charge on any atom is -0.497 e. The van der Waals surface area contributed by atoms with Crippen LogP contribution in [0.2, 0.25) is 0 Å². The van der Waals surface area contributed by atoms with Crippen LogP contribution in [0.15, 0.2) is 42.5 Å². The van der Waals surface area contributed by atoms with Crippen LogP contribution in [0, 0.1) is 0 Å². The molecule has 0 bridgehead atoms. The Morgan fingerprint density at radius 3 is 2.44 bits per heavy atom. The van der Waals surface area contributed by atoms with Crippen molar-refractivity contribution in [2.45, 2.75) is 12.8 Å². The zero-order valence-corrected chi connectivity index (χ0v) is 16.1. The third-order valence-corrected chi connectivity index (χ3v) is 6.21. The summed E-state index contributed by atoms with van der Waals surface area (Å²) in [6.07, 6.45) is 0.806. The van der Waals surface area contributed by atoms with Crippen molar-refractivity contribution in [1.29, 1.82) is 0 Å². The van der Waals surface area contributed by atoms with Gasteiger partial charge in [0.05, 0.1) is 32.1 Å². The van der Waals surface area contributed by atoms with Crippen molar-refractivity contribution in [3.05, 3.63) is 48.0 Å². The highest BCUT2D eigenvalue weighted by Crippen LogP contribution is 2.35. The Kier molecular flexibility index (Phi) is 5.55. The molecule has 0 aromatic heterocycles. The van der Waals surface area contributed by atoms with Crippen molar-refractivity contribution < 1.29 is 22.7 Å². The summed E-state index contributed by atoms with van der Waals surface area (Å²) in [6, 6.07) is 12.2. The maximum absolute atomic E-state index is 12.3. The highest BCUT2D eigenvalue weighted by molar-refractivity contribution is 7.93. The summed E-state index contributed by atoms with van der Waals surface area (Å²) in [5, 5.41) is 2.81. The lowest BCUT2D eigenvalue weighted by Crippen LogP contribution is -2.25. The van der Waals surface area contributed by atoms with E-state index in [4.69, 9.17) is 9.47 Å². The van der Waals surface area contributed by atoms with Gasteiger partial charge in [-0.05, 0) is 36.2 Å². The van der Waals surface area contributed by atoms with Gasteiger partial charge < -0.3 is 14.8 Å².